The molecule has 0 aromatic heterocycles. The summed E-state index contributed by atoms with van der Waals surface area (Å²) in [6, 6.07) is 4.93. The van der Waals surface area contributed by atoms with Gasteiger partial charge < -0.3 is 15.2 Å². The number of carboxylic acids is 1. The van der Waals surface area contributed by atoms with E-state index in [1.165, 1.54) is 6.07 Å². The first kappa shape index (κ1) is 14.5. The van der Waals surface area contributed by atoms with Crippen molar-refractivity contribution in [3.05, 3.63) is 34.9 Å². The van der Waals surface area contributed by atoms with Gasteiger partial charge in [-0.3, -0.25) is 4.79 Å². The normalized spacial score (nSPS) is 15.8. The zero-order valence-electron chi connectivity index (χ0n) is 11.5. The largest absolute Gasteiger partial charge is 0.478 e. The summed E-state index contributed by atoms with van der Waals surface area (Å²) >= 11 is 0. The van der Waals surface area contributed by atoms with Gasteiger partial charge in [0.25, 0.3) is 5.91 Å². The van der Waals surface area contributed by atoms with Gasteiger partial charge in [-0.25, -0.2) is 4.79 Å². The highest BCUT2D eigenvalue weighted by Gasteiger charge is 2.21. The van der Waals surface area contributed by atoms with Crippen LogP contribution in [0.1, 0.15) is 46.0 Å². The summed E-state index contributed by atoms with van der Waals surface area (Å²) in [5.41, 5.74) is 1.25. The number of carbonyl (C=O) groups excluding carboxylic acids is 1. The molecule has 1 fully saturated rings. The Morgan fingerprint density at radius 3 is 2.55 bits per heavy atom. The third-order valence-electron chi connectivity index (χ3n) is 3.56. The number of aromatic carboxylic acids is 1. The lowest BCUT2D eigenvalue weighted by molar-refractivity contribution is 0.0694. The number of ether oxygens (including phenoxy) is 1. The van der Waals surface area contributed by atoms with Crippen LogP contribution in [0.5, 0.6) is 0 Å². The van der Waals surface area contributed by atoms with E-state index in [0.717, 1.165) is 12.8 Å². The molecule has 108 valence electrons. The monoisotopic (exact) mass is 277 g/mol. The lowest BCUT2D eigenvalue weighted by Gasteiger charge is -2.23. The zero-order chi connectivity index (χ0) is 14.5. The highest BCUT2D eigenvalue weighted by Crippen LogP contribution is 2.17. The molecule has 5 heteroatoms. The van der Waals surface area contributed by atoms with Crippen molar-refractivity contribution in [2.45, 2.75) is 32.2 Å². The van der Waals surface area contributed by atoms with Crippen molar-refractivity contribution in [3.8, 4) is 0 Å². The van der Waals surface area contributed by atoms with Crippen molar-refractivity contribution in [3.63, 3.8) is 0 Å². The molecular formula is C15H19NO4. The Labute approximate surface area is 117 Å². The Morgan fingerprint density at radius 2 is 1.95 bits per heavy atom. The van der Waals surface area contributed by atoms with Crippen molar-refractivity contribution in [1.29, 1.82) is 0 Å². The van der Waals surface area contributed by atoms with E-state index in [4.69, 9.17) is 4.74 Å². The van der Waals surface area contributed by atoms with Gasteiger partial charge in [0.1, 0.15) is 0 Å². The molecule has 1 saturated heterocycles. The molecule has 1 aromatic carbocycles. The molecule has 0 atom stereocenters. The maximum Gasteiger partial charge on any atom is 0.335 e. The summed E-state index contributed by atoms with van der Waals surface area (Å²) in [7, 11) is 0. The second kappa shape index (κ2) is 6.52. The second-order valence-corrected chi connectivity index (χ2v) is 4.85. The standard InChI is InChI=1S/C15H19NO4/c1-2-11-12(4-3-5-13(11)15(18)19)14(17)16-10-6-8-20-9-7-10/h3-5,10H,2,6-9H2,1H3,(H,16,17)(H,18,19). The summed E-state index contributed by atoms with van der Waals surface area (Å²) in [6.45, 7) is 3.16. The molecule has 0 unspecified atom stereocenters. The van der Waals surface area contributed by atoms with E-state index in [1.807, 2.05) is 6.92 Å². The highest BCUT2D eigenvalue weighted by molar-refractivity contribution is 6.00. The summed E-state index contributed by atoms with van der Waals surface area (Å²) < 4.78 is 5.25. The van der Waals surface area contributed by atoms with E-state index in [9.17, 15) is 14.7 Å². The van der Waals surface area contributed by atoms with E-state index < -0.39 is 5.97 Å². The molecule has 0 bridgehead atoms. The van der Waals surface area contributed by atoms with Crippen LogP contribution >= 0.6 is 0 Å². The molecule has 1 aromatic rings. The first-order valence-corrected chi connectivity index (χ1v) is 6.87. The molecular weight excluding hydrogens is 258 g/mol. The fraction of sp³-hybridized carbons (Fsp3) is 0.467. The minimum atomic E-state index is -0.998. The predicted molar refractivity (Wildman–Crippen MR) is 74.1 cm³/mol. The minimum Gasteiger partial charge on any atom is -0.478 e. The Morgan fingerprint density at radius 1 is 1.30 bits per heavy atom. The summed E-state index contributed by atoms with van der Waals surface area (Å²) in [5, 5.41) is 12.1. The summed E-state index contributed by atoms with van der Waals surface area (Å²) in [4.78, 5) is 23.5. The molecule has 1 aliphatic rings. The molecule has 2 N–H and O–H groups in total. The van der Waals surface area contributed by atoms with E-state index in [-0.39, 0.29) is 17.5 Å². The lowest BCUT2D eigenvalue weighted by Crippen LogP contribution is -2.39. The van der Waals surface area contributed by atoms with Crippen LogP contribution in [0.15, 0.2) is 18.2 Å². The fourth-order valence-corrected chi connectivity index (χ4v) is 2.49. The quantitative estimate of drug-likeness (QED) is 0.880. The van der Waals surface area contributed by atoms with Crippen LogP contribution in [0.2, 0.25) is 0 Å². The topological polar surface area (TPSA) is 75.6 Å². The first-order chi connectivity index (χ1) is 9.63. The number of amides is 1. The number of nitrogens with one attached hydrogen (secondary N) is 1. The van der Waals surface area contributed by atoms with Gasteiger partial charge in [0, 0.05) is 24.8 Å². The summed E-state index contributed by atoms with van der Waals surface area (Å²) in [6.07, 6.45) is 2.11. The van der Waals surface area contributed by atoms with Crippen molar-refractivity contribution >= 4 is 11.9 Å². The van der Waals surface area contributed by atoms with Crippen LogP contribution in [0.4, 0.5) is 0 Å². The molecule has 1 amide bonds. The SMILES string of the molecule is CCc1c(C(=O)O)cccc1C(=O)NC1CCOCC1. The van der Waals surface area contributed by atoms with E-state index in [0.29, 0.717) is 30.8 Å². The first-order valence-electron chi connectivity index (χ1n) is 6.87. The highest BCUT2D eigenvalue weighted by atomic mass is 16.5. The Balaban J connectivity index is 2.20. The average molecular weight is 277 g/mol. The third kappa shape index (κ3) is 3.17. The lowest BCUT2D eigenvalue weighted by atomic mass is 9.97. The van der Waals surface area contributed by atoms with Crippen LogP contribution in [0.3, 0.4) is 0 Å². The zero-order valence-corrected chi connectivity index (χ0v) is 11.5. The van der Waals surface area contributed by atoms with Crippen molar-refractivity contribution in [2.24, 2.45) is 0 Å². The number of carbonyl (C=O) groups is 2. The van der Waals surface area contributed by atoms with Gasteiger partial charge in [0.05, 0.1) is 5.56 Å². The van der Waals surface area contributed by atoms with Crippen LogP contribution in [0.25, 0.3) is 0 Å². The molecule has 2 rings (SSSR count). The van der Waals surface area contributed by atoms with Gasteiger partial charge in [-0.1, -0.05) is 13.0 Å². The van der Waals surface area contributed by atoms with Crippen LogP contribution in [-0.4, -0.2) is 36.2 Å². The fourth-order valence-electron chi connectivity index (χ4n) is 2.49. The third-order valence-corrected chi connectivity index (χ3v) is 3.56. The van der Waals surface area contributed by atoms with Gasteiger partial charge in [-0.15, -0.1) is 0 Å². The second-order valence-electron chi connectivity index (χ2n) is 4.85. The molecule has 1 heterocycles. The molecule has 0 saturated carbocycles. The van der Waals surface area contributed by atoms with Crippen LogP contribution in [-0.2, 0) is 11.2 Å². The van der Waals surface area contributed by atoms with E-state index in [1.54, 1.807) is 12.1 Å². The van der Waals surface area contributed by atoms with Gasteiger partial charge in [-0.05, 0) is 37.0 Å². The van der Waals surface area contributed by atoms with Gasteiger partial charge in [-0.2, -0.15) is 0 Å². The molecule has 0 radical (unpaired) electrons. The van der Waals surface area contributed by atoms with Crippen molar-refractivity contribution in [2.75, 3.05) is 13.2 Å². The number of benzene rings is 1. The Hall–Kier alpha value is -1.88. The molecule has 0 aliphatic carbocycles. The summed E-state index contributed by atoms with van der Waals surface area (Å²) in [5.74, 6) is -1.19. The smallest absolute Gasteiger partial charge is 0.335 e. The predicted octanol–water partition coefficient (Wildman–Crippen LogP) is 1.86. The van der Waals surface area contributed by atoms with Crippen LogP contribution in [0, 0.1) is 0 Å². The molecule has 5 nitrogen and oxygen atoms in total. The van der Waals surface area contributed by atoms with E-state index >= 15 is 0 Å². The molecule has 1 aliphatic heterocycles. The maximum absolute atomic E-state index is 12.3. The van der Waals surface area contributed by atoms with Gasteiger partial charge in [0.15, 0.2) is 0 Å². The Kier molecular flexibility index (Phi) is 4.74. The van der Waals surface area contributed by atoms with E-state index in [2.05, 4.69) is 5.32 Å². The van der Waals surface area contributed by atoms with Crippen molar-refractivity contribution in [1.82, 2.24) is 5.32 Å². The Bertz CT molecular complexity index is 507. The number of rotatable bonds is 4. The average Bonchev–Trinajstić information content (AvgIpc) is 2.47. The maximum atomic E-state index is 12.3. The molecule has 0 spiro atoms. The number of hydrogen-bond donors (Lipinski definition) is 2. The van der Waals surface area contributed by atoms with Crippen LogP contribution < -0.4 is 5.32 Å². The van der Waals surface area contributed by atoms with Gasteiger partial charge in [0.2, 0.25) is 0 Å². The minimum absolute atomic E-state index is 0.106. The number of hydrogen-bond acceptors (Lipinski definition) is 3. The van der Waals surface area contributed by atoms with Crippen molar-refractivity contribution < 1.29 is 19.4 Å². The number of carboxylic acid groups (broad SMARTS) is 1. The molecule has 20 heavy (non-hydrogen) atoms. The van der Waals surface area contributed by atoms with Gasteiger partial charge >= 0.3 is 5.97 Å².